The number of aliphatic imine (C=N–C) groups is 1. The molecule has 150 valence electrons. The number of aromatic nitrogens is 1. The molecule has 1 aromatic heterocycles. The molecule has 2 aromatic rings. The van der Waals surface area contributed by atoms with Gasteiger partial charge in [-0.1, -0.05) is 12.1 Å². The van der Waals surface area contributed by atoms with Gasteiger partial charge in [-0.3, -0.25) is 9.79 Å². The number of guanidine groups is 1. The highest BCUT2D eigenvalue weighted by Gasteiger charge is 2.17. The monoisotopic (exact) mass is 399 g/mol. The molecule has 0 unspecified atom stereocenters. The van der Waals surface area contributed by atoms with Crippen molar-refractivity contribution in [1.29, 1.82) is 0 Å². The van der Waals surface area contributed by atoms with Crippen molar-refractivity contribution < 1.29 is 4.79 Å². The molecule has 6 nitrogen and oxygen atoms in total. The van der Waals surface area contributed by atoms with Crippen LogP contribution in [0.15, 0.2) is 29.3 Å². The molecule has 3 rings (SSSR count). The minimum absolute atomic E-state index is 0.144. The van der Waals surface area contributed by atoms with Crippen molar-refractivity contribution in [3.8, 4) is 0 Å². The van der Waals surface area contributed by atoms with Crippen molar-refractivity contribution in [2.75, 3.05) is 20.1 Å². The summed E-state index contributed by atoms with van der Waals surface area (Å²) < 4.78 is 0. The van der Waals surface area contributed by atoms with Gasteiger partial charge in [0.2, 0.25) is 0 Å². The van der Waals surface area contributed by atoms with E-state index in [9.17, 15) is 4.79 Å². The third-order valence-corrected chi connectivity index (χ3v) is 6.08. The summed E-state index contributed by atoms with van der Waals surface area (Å²) in [5.74, 6) is 0.879. The zero-order valence-electron chi connectivity index (χ0n) is 16.9. The predicted octanol–water partition coefficient (Wildman–Crippen LogP) is 3.25. The van der Waals surface area contributed by atoms with Gasteiger partial charge in [0.05, 0.1) is 12.2 Å². The third kappa shape index (κ3) is 5.32. The Labute approximate surface area is 171 Å². The van der Waals surface area contributed by atoms with Gasteiger partial charge in [0.15, 0.2) is 5.96 Å². The molecule has 0 aliphatic carbocycles. The van der Waals surface area contributed by atoms with Crippen molar-refractivity contribution in [3.63, 3.8) is 0 Å². The normalized spacial score (nSPS) is 14.8. The Hall–Kier alpha value is -2.41. The molecule has 1 amide bonds. The predicted molar refractivity (Wildman–Crippen MR) is 115 cm³/mol. The van der Waals surface area contributed by atoms with Crippen molar-refractivity contribution in [3.05, 3.63) is 51.0 Å². The van der Waals surface area contributed by atoms with Crippen LogP contribution in [0.1, 0.15) is 50.8 Å². The van der Waals surface area contributed by atoms with Crippen LogP contribution in [0.2, 0.25) is 0 Å². The number of thiazole rings is 1. The number of amides is 1. The lowest BCUT2D eigenvalue weighted by Crippen LogP contribution is -2.36. The second kappa shape index (κ2) is 9.68. The molecule has 2 heterocycles. The van der Waals surface area contributed by atoms with Crippen LogP contribution in [0, 0.1) is 13.8 Å². The topological polar surface area (TPSA) is 69.6 Å². The van der Waals surface area contributed by atoms with Crippen LogP contribution in [-0.2, 0) is 13.1 Å². The molecule has 1 aromatic carbocycles. The van der Waals surface area contributed by atoms with E-state index in [0.717, 1.165) is 53.7 Å². The third-order valence-electron chi connectivity index (χ3n) is 5.01. The van der Waals surface area contributed by atoms with Crippen LogP contribution in [0.5, 0.6) is 0 Å². The summed E-state index contributed by atoms with van der Waals surface area (Å²) in [5, 5.41) is 7.66. The first kappa shape index (κ1) is 20.3. The number of nitrogens with one attached hydrogen (secondary N) is 2. The van der Waals surface area contributed by atoms with Gasteiger partial charge in [0.1, 0.15) is 5.01 Å². The number of hydrogen-bond donors (Lipinski definition) is 2. The second-order valence-corrected chi connectivity index (χ2v) is 8.37. The smallest absolute Gasteiger partial charge is 0.253 e. The van der Waals surface area contributed by atoms with Crippen LogP contribution >= 0.6 is 11.3 Å². The van der Waals surface area contributed by atoms with Gasteiger partial charge in [0.25, 0.3) is 5.91 Å². The van der Waals surface area contributed by atoms with Gasteiger partial charge in [-0.15, -0.1) is 11.3 Å². The van der Waals surface area contributed by atoms with Crippen molar-refractivity contribution >= 4 is 23.2 Å². The fourth-order valence-corrected chi connectivity index (χ4v) is 4.10. The number of carbonyl (C=O) groups excluding carboxylic acids is 1. The number of rotatable bonds is 5. The molecule has 2 N–H and O–H groups in total. The highest BCUT2D eigenvalue weighted by atomic mass is 32.1. The molecule has 0 saturated carbocycles. The maximum absolute atomic E-state index is 12.5. The Balaban J connectivity index is 1.49. The van der Waals surface area contributed by atoms with Gasteiger partial charge >= 0.3 is 0 Å². The molecule has 0 atom stereocenters. The Bertz CT molecular complexity index is 802. The first-order valence-corrected chi connectivity index (χ1v) is 10.6. The summed E-state index contributed by atoms with van der Waals surface area (Å²) in [6, 6.07) is 7.85. The second-order valence-electron chi connectivity index (χ2n) is 7.08. The highest BCUT2D eigenvalue weighted by molar-refractivity contribution is 7.11. The lowest BCUT2D eigenvalue weighted by atomic mass is 10.1. The Morgan fingerprint density at radius 1 is 1.11 bits per heavy atom. The minimum atomic E-state index is 0.144. The van der Waals surface area contributed by atoms with E-state index in [1.807, 2.05) is 36.1 Å². The molecular weight excluding hydrogens is 370 g/mol. The molecule has 7 heteroatoms. The largest absolute Gasteiger partial charge is 0.352 e. The summed E-state index contributed by atoms with van der Waals surface area (Å²) in [6.07, 6.45) is 3.45. The standard InChI is InChI=1S/C21H29N5OS/c1-15-16(2)28-19(25-15)14-24-21(22-3)23-13-17-7-9-18(10-8-17)20(27)26-11-5-4-6-12-26/h7-10H,4-6,11-14H2,1-3H3,(H2,22,23,24). The van der Waals surface area contributed by atoms with Gasteiger partial charge in [0, 0.05) is 37.1 Å². The number of carbonyl (C=O) groups is 1. The van der Waals surface area contributed by atoms with Crippen LogP contribution < -0.4 is 10.6 Å². The Morgan fingerprint density at radius 2 is 1.79 bits per heavy atom. The molecule has 1 fully saturated rings. The fourth-order valence-electron chi connectivity index (χ4n) is 3.23. The first-order valence-electron chi connectivity index (χ1n) is 9.82. The Kier molecular flexibility index (Phi) is 7.03. The van der Waals surface area contributed by atoms with E-state index in [1.165, 1.54) is 11.3 Å². The maximum Gasteiger partial charge on any atom is 0.253 e. The Morgan fingerprint density at radius 3 is 2.39 bits per heavy atom. The van der Waals surface area contributed by atoms with E-state index in [1.54, 1.807) is 18.4 Å². The fraction of sp³-hybridized carbons (Fsp3) is 0.476. The number of piperidine rings is 1. The van der Waals surface area contributed by atoms with E-state index >= 15 is 0 Å². The molecule has 1 saturated heterocycles. The summed E-state index contributed by atoms with van der Waals surface area (Å²) in [5.41, 5.74) is 2.96. The number of aryl methyl sites for hydroxylation is 2. The SMILES string of the molecule is CN=C(NCc1ccc(C(=O)N2CCCCC2)cc1)NCc1nc(C)c(C)s1. The number of benzene rings is 1. The van der Waals surface area contributed by atoms with Gasteiger partial charge in [-0.05, 0) is 50.8 Å². The molecule has 0 bridgehead atoms. The maximum atomic E-state index is 12.5. The van der Waals surface area contributed by atoms with E-state index in [-0.39, 0.29) is 5.91 Å². The van der Waals surface area contributed by atoms with E-state index in [0.29, 0.717) is 13.1 Å². The highest BCUT2D eigenvalue weighted by Crippen LogP contribution is 2.16. The summed E-state index contributed by atoms with van der Waals surface area (Å²) >= 11 is 1.70. The quantitative estimate of drug-likeness (QED) is 0.598. The molecule has 28 heavy (non-hydrogen) atoms. The van der Waals surface area contributed by atoms with Crippen molar-refractivity contribution in [2.45, 2.75) is 46.2 Å². The first-order chi connectivity index (χ1) is 13.6. The molecule has 1 aliphatic heterocycles. The van der Waals surface area contributed by atoms with Crippen molar-refractivity contribution in [2.24, 2.45) is 4.99 Å². The van der Waals surface area contributed by atoms with Crippen LogP contribution in [0.25, 0.3) is 0 Å². The summed E-state index contributed by atoms with van der Waals surface area (Å²) in [4.78, 5) is 24.6. The van der Waals surface area contributed by atoms with Gasteiger partial charge in [-0.25, -0.2) is 4.98 Å². The summed E-state index contributed by atoms with van der Waals surface area (Å²) in [6.45, 7) is 7.17. The van der Waals surface area contributed by atoms with Gasteiger partial charge < -0.3 is 15.5 Å². The average molecular weight is 400 g/mol. The summed E-state index contributed by atoms with van der Waals surface area (Å²) in [7, 11) is 1.76. The lowest BCUT2D eigenvalue weighted by Gasteiger charge is -2.26. The lowest BCUT2D eigenvalue weighted by molar-refractivity contribution is 0.0724. The van der Waals surface area contributed by atoms with Crippen LogP contribution in [-0.4, -0.2) is 41.9 Å². The zero-order valence-corrected chi connectivity index (χ0v) is 17.7. The van der Waals surface area contributed by atoms with Crippen molar-refractivity contribution in [1.82, 2.24) is 20.5 Å². The minimum Gasteiger partial charge on any atom is -0.352 e. The molecular formula is C21H29N5OS. The van der Waals surface area contributed by atoms with Crippen LogP contribution in [0.4, 0.5) is 0 Å². The van der Waals surface area contributed by atoms with Crippen LogP contribution in [0.3, 0.4) is 0 Å². The van der Waals surface area contributed by atoms with Gasteiger partial charge in [-0.2, -0.15) is 0 Å². The molecule has 1 aliphatic rings. The molecule has 0 radical (unpaired) electrons. The number of hydrogen-bond acceptors (Lipinski definition) is 4. The molecule has 0 spiro atoms. The number of nitrogens with zero attached hydrogens (tertiary/aromatic N) is 3. The van der Waals surface area contributed by atoms with E-state index in [2.05, 4.69) is 27.5 Å². The zero-order chi connectivity index (χ0) is 19.9. The number of likely N-dealkylation sites (tertiary alicyclic amines) is 1. The average Bonchev–Trinajstić information content (AvgIpc) is 3.06. The van der Waals surface area contributed by atoms with E-state index < -0.39 is 0 Å². The van der Waals surface area contributed by atoms with E-state index in [4.69, 9.17) is 0 Å².